The molecule has 2 rings (SSSR count). The van der Waals surface area contributed by atoms with Gasteiger partial charge in [0.2, 0.25) is 0 Å². The van der Waals surface area contributed by atoms with Gasteiger partial charge in [0.1, 0.15) is 0 Å². The second kappa shape index (κ2) is 10.2. The van der Waals surface area contributed by atoms with Crippen LogP contribution in [0.3, 0.4) is 0 Å². The number of nitriles is 2. The maximum absolute atomic E-state index is 8.84. The van der Waals surface area contributed by atoms with Crippen molar-refractivity contribution in [3.8, 4) is 12.1 Å². The minimum absolute atomic E-state index is 0.0284. The van der Waals surface area contributed by atoms with Crippen molar-refractivity contribution >= 4 is 0 Å². The van der Waals surface area contributed by atoms with E-state index < -0.39 is 0 Å². The molecule has 0 saturated heterocycles. The lowest BCUT2D eigenvalue weighted by Crippen LogP contribution is -2.36. The minimum atomic E-state index is 0.0284. The monoisotopic (exact) mass is 318 g/mol. The van der Waals surface area contributed by atoms with Crippen LogP contribution in [-0.4, -0.2) is 13.1 Å². The van der Waals surface area contributed by atoms with E-state index in [9.17, 15) is 0 Å². The number of nitrogens with zero attached hydrogens (tertiary/aromatic N) is 2. The average Bonchev–Trinajstić information content (AvgIpc) is 2.65. The van der Waals surface area contributed by atoms with Gasteiger partial charge in [0, 0.05) is 25.9 Å². The molecule has 24 heavy (non-hydrogen) atoms. The normalized spacial score (nSPS) is 12.8. The van der Waals surface area contributed by atoms with E-state index in [1.807, 2.05) is 36.4 Å². The zero-order valence-corrected chi connectivity index (χ0v) is 13.7. The van der Waals surface area contributed by atoms with Crippen LogP contribution in [0.2, 0.25) is 0 Å². The molecule has 0 aliphatic rings. The van der Waals surface area contributed by atoms with Crippen LogP contribution in [0.1, 0.15) is 36.1 Å². The molecule has 0 saturated carbocycles. The molecule has 4 nitrogen and oxygen atoms in total. The van der Waals surface area contributed by atoms with Crippen LogP contribution < -0.4 is 10.6 Å². The molecular formula is C20H22N4. The van der Waals surface area contributed by atoms with Crippen LogP contribution in [0.4, 0.5) is 0 Å². The number of hydrogen-bond acceptors (Lipinski definition) is 4. The highest BCUT2D eigenvalue weighted by atomic mass is 15.0. The third kappa shape index (κ3) is 5.21. The first-order valence-corrected chi connectivity index (χ1v) is 8.17. The van der Waals surface area contributed by atoms with E-state index in [1.54, 1.807) is 0 Å². The summed E-state index contributed by atoms with van der Waals surface area (Å²) in [5, 5.41) is 24.7. The molecule has 0 radical (unpaired) electrons. The Bertz CT molecular complexity index is 609. The van der Waals surface area contributed by atoms with E-state index in [0.29, 0.717) is 25.9 Å². The highest BCUT2D eigenvalue weighted by molar-refractivity contribution is 5.27. The summed E-state index contributed by atoms with van der Waals surface area (Å²) in [5.41, 5.74) is 2.32. The van der Waals surface area contributed by atoms with E-state index in [0.717, 1.165) is 11.1 Å². The highest BCUT2D eigenvalue weighted by Gasteiger charge is 2.23. The minimum Gasteiger partial charge on any atom is -0.307 e. The summed E-state index contributed by atoms with van der Waals surface area (Å²) in [5.74, 6) is 0. The molecule has 0 bridgehead atoms. The lowest BCUT2D eigenvalue weighted by Gasteiger charge is -2.30. The Morgan fingerprint density at radius 3 is 1.38 bits per heavy atom. The zero-order chi connectivity index (χ0) is 17.0. The van der Waals surface area contributed by atoms with Gasteiger partial charge >= 0.3 is 0 Å². The smallest absolute Gasteiger partial charge is 0.0635 e. The summed E-state index contributed by atoms with van der Waals surface area (Å²) < 4.78 is 0. The fraction of sp³-hybridized carbons (Fsp3) is 0.300. The van der Waals surface area contributed by atoms with E-state index in [1.165, 1.54) is 0 Å². The third-order valence-corrected chi connectivity index (χ3v) is 3.85. The predicted molar refractivity (Wildman–Crippen MR) is 94.8 cm³/mol. The summed E-state index contributed by atoms with van der Waals surface area (Å²) in [6.45, 7) is 1.25. The fourth-order valence-corrected chi connectivity index (χ4v) is 2.74. The molecule has 0 heterocycles. The molecule has 0 amide bonds. The maximum atomic E-state index is 8.84. The van der Waals surface area contributed by atoms with Crippen LogP contribution in [0, 0.1) is 22.7 Å². The number of rotatable bonds is 9. The van der Waals surface area contributed by atoms with Gasteiger partial charge in [-0.3, -0.25) is 0 Å². The van der Waals surface area contributed by atoms with Gasteiger partial charge < -0.3 is 10.6 Å². The van der Waals surface area contributed by atoms with Gasteiger partial charge in [-0.05, 0) is 11.1 Å². The van der Waals surface area contributed by atoms with E-state index in [-0.39, 0.29) is 12.1 Å². The molecule has 122 valence electrons. The Kier molecular flexibility index (Phi) is 7.50. The highest BCUT2D eigenvalue weighted by Crippen LogP contribution is 2.28. The topological polar surface area (TPSA) is 71.6 Å². The van der Waals surface area contributed by atoms with Crippen LogP contribution in [0.25, 0.3) is 0 Å². The van der Waals surface area contributed by atoms with Gasteiger partial charge in [-0.15, -0.1) is 0 Å². The van der Waals surface area contributed by atoms with Crippen molar-refractivity contribution in [1.82, 2.24) is 10.6 Å². The number of hydrogen-bond donors (Lipinski definition) is 2. The van der Waals surface area contributed by atoms with Crippen LogP contribution in [-0.2, 0) is 0 Å². The summed E-state index contributed by atoms with van der Waals surface area (Å²) in [6.07, 6.45) is 0.923. The predicted octanol–water partition coefficient (Wildman–Crippen LogP) is 3.48. The largest absolute Gasteiger partial charge is 0.307 e. The fourth-order valence-electron chi connectivity index (χ4n) is 2.74. The van der Waals surface area contributed by atoms with Crippen molar-refractivity contribution in [2.75, 3.05) is 13.1 Å². The first-order valence-electron chi connectivity index (χ1n) is 8.17. The summed E-state index contributed by atoms with van der Waals surface area (Å²) >= 11 is 0. The van der Waals surface area contributed by atoms with Crippen molar-refractivity contribution in [2.24, 2.45) is 0 Å². The number of nitrogens with one attached hydrogen (secondary N) is 2. The molecule has 0 unspecified atom stereocenters. The molecule has 0 spiro atoms. The first kappa shape index (κ1) is 17.7. The van der Waals surface area contributed by atoms with Gasteiger partial charge in [0.15, 0.2) is 0 Å². The summed E-state index contributed by atoms with van der Waals surface area (Å²) in [4.78, 5) is 0. The molecular weight excluding hydrogens is 296 g/mol. The van der Waals surface area contributed by atoms with Gasteiger partial charge in [-0.25, -0.2) is 0 Å². The van der Waals surface area contributed by atoms with Crippen LogP contribution in [0.15, 0.2) is 60.7 Å². The Morgan fingerprint density at radius 1 is 0.667 bits per heavy atom. The van der Waals surface area contributed by atoms with Crippen LogP contribution in [0.5, 0.6) is 0 Å². The van der Waals surface area contributed by atoms with Crippen molar-refractivity contribution in [2.45, 2.75) is 24.9 Å². The van der Waals surface area contributed by atoms with E-state index in [2.05, 4.69) is 47.0 Å². The second-order valence-corrected chi connectivity index (χ2v) is 5.50. The number of benzene rings is 2. The Hall–Kier alpha value is -2.66. The Labute approximate surface area is 143 Å². The second-order valence-electron chi connectivity index (χ2n) is 5.50. The van der Waals surface area contributed by atoms with Crippen LogP contribution >= 0.6 is 0 Å². The third-order valence-electron chi connectivity index (χ3n) is 3.85. The molecule has 0 aliphatic carbocycles. The quantitative estimate of drug-likeness (QED) is 0.694. The molecule has 2 aromatic rings. The molecule has 4 heteroatoms. The lowest BCUT2D eigenvalue weighted by atomic mass is 9.93. The summed E-state index contributed by atoms with van der Waals surface area (Å²) in [6, 6.07) is 24.8. The van der Waals surface area contributed by atoms with Gasteiger partial charge in [-0.1, -0.05) is 60.7 Å². The van der Waals surface area contributed by atoms with Crippen molar-refractivity contribution < 1.29 is 0 Å². The molecule has 2 aromatic carbocycles. The maximum Gasteiger partial charge on any atom is 0.0635 e. The Morgan fingerprint density at radius 2 is 1.04 bits per heavy atom. The van der Waals surface area contributed by atoms with E-state index in [4.69, 9.17) is 10.5 Å². The van der Waals surface area contributed by atoms with Gasteiger partial charge in [0.25, 0.3) is 0 Å². The van der Waals surface area contributed by atoms with Gasteiger partial charge in [-0.2, -0.15) is 10.5 Å². The molecule has 2 atom stereocenters. The first-order chi connectivity index (χ1) is 11.9. The SMILES string of the molecule is N#CCCN[C@H](c1ccccc1)[C@H](NCCC#N)c1ccccc1. The van der Waals surface area contributed by atoms with Gasteiger partial charge in [0.05, 0.1) is 24.2 Å². The van der Waals surface area contributed by atoms with Crippen molar-refractivity contribution in [3.63, 3.8) is 0 Å². The molecule has 2 N–H and O–H groups in total. The standard InChI is InChI=1S/C20H22N4/c21-13-7-15-23-19(17-9-3-1-4-10-17)20(24-16-8-14-22)18-11-5-2-6-12-18/h1-6,9-12,19-20,23-24H,7-8,15-16H2/t19-,20-/m1/s1. The lowest BCUT2D eigenvalue weighted by molar-refractivity contribution is 0.390. The molecule has 0 aliphatic heterocycles. The molecule has 0 aromatic heterocycles. The van der Waals surface area contributed by atoms with Crippen molar-refractivity contribution in [3.05, 3.63) is 71.8 Å². The Balaban J connectivity index is 2.28. The zero-order valence-electron chi connectivity index (χ0n) is 13.7. The van der Waals surface area contributed by atoms with E-state index >= 15 is 0 Å². The van der Waals surface area contributed by atoms with Crippen molar-refractivity contribution in [1.29, 1.82) is 10.5 Å². The molecule has 0 fully saturated rings. The average molecular weight is 318 g/mol. The summed E-state index contributed by atoms with van der Waals surface area (Å²) in [7, 11) is 0.